The highest BCUT2D eigenvalue weighted by atomic mass is 32.2. The second kappa shape index (κ2) is 7.22. The smallest absolute Gasteiger partial charge is 0.305 e. The number of carboxylic acid groups (broad SMARTS) is 1. The summed E-state index contributed by atoms with van der Waals surface area (Å²) in [5, 5.41) is 11.7. The zero-order chi connectivity index (χ0) is 16.1. The van der Waals surface area contributed by atoms with Gasteiger partial charge in [0.25, 0.3) is 0 Å². The van der Waals surface area contributed by atoms with Gasteiger partial charge < -0.3 is 10.4 Å². The lowest BCUT2D eigenvalue weighted by Crippen LogP contribution is -2.49. The number of aliphatic carboxylic acids is 1. The predicted octanol–water partition coefficient (Wildman–Crippen LogP) is 0.562. The number of hydrogen-bond donors (Lipinski definition) is 2. The van der Waals surface area contributed by atoms with Gasteiger partial charge in [0.15, 0.2) is 0 Å². The minimum absolute atomic E-state index is 0.0561. The molecule has 8 heteroatoms. The standard InChI is InChI=1S/C13H24N2O5S/c1-3-13(4-2,10-12(17)18)14-11(16)6-8-15-7-5-9-21(15,19)20/h3-10H2,1-2H3,(H,14,16)(H,17,18). The number of rotatable bonds is 8. The largest absolute Gasteiger partial charge is 0.481 e. The topological polar surface area (TPSA) is 104 Å². The Kier molecular flexibility index (Phi) is 6.15. The van der Waals surface area contributed by atoms with E-state index >= 15 is 0 Å². The van der Waals surface area contributed by atoms with E-state index in [2.05, 4.69) is 5.32 Å². The van der Waals surface area contributed by atoms with Crippen molar-refractivity contribution in [2.45, 2.75) is 51.5 Å². The molecule has 7 nitrogen and oxygen atoms in total. The molecule has 0 atom stereocenters. The molecule has 1 rings (SSSR count). The molecular formula is C13H24N2O5S. The number of sulfonamides is 1. The number of carbonyl (C=O) groups is 2. The van der Waals surface area contributed by atoms with Crippen LogP contribution < -0.4 is 5.32 Å². The first-order valence-corrected chi connectivity index (χ1v) is 8.86. The van der Waals surface area contributed by atoms with Crippen molar-refractivity contribution in [1.82, 2.24) is 9.62 Å². The van der Waals surface area contributed by atoms with E-state index in [4.69, 9.17) is 5.11 Å². The van der Waals surface area contributed by atoms with E-state index in [9.17, 15) is 18.0 Å². The highest BCUT2D eigenvalue weighted by molar-refractivity contribution is 7.89. The van der Waals surface area contributed by atoms with Crippen LogP contribution in [-0.2, 0) is 19.6 Å². The lowest BCUT2D eigenvalue weighted by atomic mass is 9.89. The molecule has 0 radical (unpaired) electrons. The van der Waals surface area contributed by atoms with E-state index in [1.54, 1.807) is 0 Å². The summed E-state index contributed by atoms with van der Waals surface area (Å²) in [5.41, 5.74) is -0.757. The van der Waals surface area contributed by atoms with E-state index < -0.39 is 21.5 Å². The van der Waals surface area contributed by atoms with E-state index in [1.165, 1.54) is 4.31 Å². The summed E-state index contributed by atoms with van der Waals surface area (Å²) in [5.74, 6) is -1.12. The summed E-state index contributed by atoms with van der Waals surface area (Å²) < 4.78 is 24.6. The molecule has 0 spiro atoms. The van der Waals surface area contributed by atoms with Crippen molar-refractivity contribution in [1.29, 1.82) is 0 Å². The first-order chi connectivity index (χ1) is 9.74. The average Bonchev–Trinajstić information content (AvgIpc) is 2.74. The lowest BCUT2D eigenvalue weighted by molar-refractivity contribution is -0.139. The second-order valence-electron chi connectivity index (χ2n) is 5.42. The van der Waals surface area contributed by atoms with Gasteiger partial charge in [-0.25, -0.2) is 12.7 Å². The molecule has 0 saturated carbocycles. The summed E-state index contributed by atoms with van der Waals surface area (Å²) in [4.78, 5) is 22.9. The number of nitrogens with zero attached hydrogens (tertiary/aromatic N) is 1. The summed E-state index contributed by atoms with van der Waals surface area (Å²) in [6.45, 7) is 4.28. The van der Waals surface area contributed by atoms with Crippen LogP contribution >= 0.6 is 0 Å². The summed E-state index contributed by atoms with van der Waals surface area (Å²) in [7, 11) is -3.20. The third kappa shape index (κ3) is 4.96. The van der Waals surface area contributed by atoms with Gasteiger partial charge in [-0.15, -0.1) is 0 Å². The van der Waals surface area contributed by atoms with Crippen molar-refractivity contribution < 1.29 is 23.1 Å². The van der Waals surface area contributed by atoms with Gasteiger partial charge in [-0.3, -0.25) is 9.59 Å². The van der Waals surface area contributed by atoms with Gasteiger partial charge in [0, 0.05) is 25.0 Å². The van der Waals surface area contributed by atoms with Gasteiger partial charge in [-0.1, -0.05) is 13.8 Å². The van der Waals surface area contributed by atoms with Gasteiger partial charge in [-0.2, -0.15) is 0 Å². The molecule has 21 heavy (non-hydrogen) atoms. The number of nitrogens with one attached hydrogen (secondary N) is 1. The Morgan fingerprint density at radius 3 is 2.33 bits per heavy atom. The molecular weight excluding hydrogens is 296 g/mol. The molecule has 122 valence electrons. The Labute approximate surface area is 125 Å². The van der Waals surface area contributed by atoms with Crippen LogP contribution in [0.15, 0.2) is 0 Å². The number of carbonyl (C=O) groups excluding carboxylic acids is 1. The first-order valence-electron chi connectivity index (χ1n) is 7.25. The Bertz CT molecular complexity index is 485. The van der Waals surface area contributed by atoms with Crippen LogP contribution in [0.5, 0.6) is 0 Å². The average molecular weight is 320 g/mol. The fourth-order valence-electron chi connectivity index (χ4n) is 2.54. The number of carboxylic acids is 1. The maximum Gasteiger partial charge on any atom is 0.305 e. The summed E-state index contributed by atoms with van der Waals surface area (Å²) >= 11 is 0. The fraction of sp³-hybridized carbons (Fsp3) is 0.846. The SMILES string of the molecule is CCC(CC)(CC(=O)O)NC(=O)CCN1CCCS1(=O)=O. The molecule has 1 fully saturated rings. The van der Waals surface area contributed by atoms with Gasteiger partial charge in [0.1, 0.15) is 0 Å². The van der Waals surface area contributed by atoms with Gasteiger partial charge in [-0.05, 0) is 19.3 Å². The van der Waals surface area contributed by atoms with Crippen molar-refractivity contribution in [3.05, 3.63) is 0 Å². The highest BCUT2D eigenvalue weighted by Gasteiger charge is 2.32. The minimum atomic E-state index is -3.20. The third-order valence-corrected chi connectivity index (χ3v) is 6.00. The van der Waals surface area contributed by atoms with E-state index in [1.807, 2.05) is 13.8 Å². The molecule has 0 aromatic rings. The van der Waals surface area contributed by atoms with Crippen LogP contribution in [0.1, 0.15) is 46.0 Å². The Hall–Kier alpha value is -1.15. The Morgan fingerprint density at radius 1 is 1.29 bits per heavy atom. The molecule has 1 aliphatic heterocycles. The van der Waals surface area contributed by atoms with E-state index in [-0.39, 0.29) is 31.0 Å². The van der Waals surface area contributed by atoms with Crippen LogP contribution in [0.25, 0.3) is 0 Å². The number of hydrogen-bond acceptors (Lipinski definition) is 4. The van der Waals surface area contributed by atoms with Crippen molar-refractivity contribution in [3.63, 3.8) is 0 Å². The summed E-state index contributed by atoms with van der Waals surface area (Å²) in [6, 6.07) is 0. The molecule has 1 aliphatic rings. The Morgan fingerprint density at radius 2 is 1.90 bits per heavy atom. The lowest BCUT2D eigenvalue weighted by Gasteiger charge is -2.31. The second-order valence-corrected chi connectivity index (χ2v) is 7.51. The molecule has 0 aromatic carbocycles. The zero-order valence-corrected chi connectivity index (χ0v) is 13.4. The van der Waals surface area contributed by atoms with Gasteiger partial charge in [0.05, 0.1) is 12.2 Å². The minimum Gasteiger partial charge on any atom is -0.481 e. The van der Waals surface area contributed by atoms with Crippen molar-refractivity contribution in [2.24, 2.45) is 0 Å². The molecule has 1 amide bonds. The maximum atomic E-state index is 12.0. The van der Waals surface area contributed by atoms with Crippen LogP contribution in [0.4, 0.5) is 0 Å². The van der Waals surface area contributed by atoms with Gasteiger partial charge >= 0.3 is 5.97 Å². The molecule has 0 unspecified atom stereocenters. The predicted molar refractivity (Wildman–Crippen MR) is 78.3 cm³/mol. The van der Waals surface area contributed by atoms with Crippen molar-refractivity contribution >= 4 is 21.9 Å². The molecule has 1 saturated heterocycles. The number of amides is 1. The molecule has 0 aliphatic carbocycles. The third-order valence-electron chi connectivity index (χ3n) is 4.04. The normalized spacial score (nSPS) is 18.6. The summed E-state index contributed by atoms with van der Waals surface area (Å²) in [6.07, 6.45) is 1.55. The fourth-order valence-corrected chi connectivity index (χ4v) is 4.07. The van der Waals surface area contributed by atoms with E-state index in [0.29, 0.717) is 25.8 Å². The Balaban J connectivity index is 2.56. The zero-order valence-electron chi connectivity index (χ0n) is 12.6. The monoisotopic (exact) mass is 320 g/mol. The van der Waals surface area contributed by atoms with Crippen LogP contribution in [-0.4, -0.2) is 54.1 Å². The molecule has 0 bridgehead atoms. The maximum absolute atomic E-state index is 12.0. The van der Waals surface area contributed by atoms with Crippen molar-refractivity contribution in [2.75, 3.05) is 18.8 Å². The molecule has 1 heterocycles. The van der Waals surface area contributed by atoms with E-state index in [0.717, 1.165) is 0 Å². The van der Waals surface area contributed by atoms with Crippen LogP contribution in [0, 0.1) is 0 Å². The molecule has 2 N–H and O–H groups in total. The van der Waals surface area contributed by atoms with Crippen molar-refractivity contribution in [3.8, 4) is 0 Å². The van der Waals surface area contributed by atoms with Crippen LogP contribution in [0.3, 0.4) is 0 Å². The van der Waals surface area contributed by atoms with Gasteiger partial charge in [0.2, 0.25) is 15.9 Å². The molecule has 0 aromatic heterocycles. The van der Waals surface area contributed by atoms with Crippen LogP contribution in [0.2, 0.25) is 0 Å². The highest BCUT2D eigenvalue weighted by Crippen LogP contribution is 2.20. The first kappa shape index (κ1) is 17.9. The quantitative estimate of drug-likeness (QED) is 0.680.